The fourth-order valence-corrected chi connectivity index (χ4v) is 5.33. The maximum absolute atomic E-state index is 5.00. The summed E-state index contributed by atoms with van der Waals surface area (Å²) in [5.74, 6) is 0.954. The van der Waals surface area contributed by atoms with Gasteiger partial charge in [0.2, 0.25) is 5.95 Å². The van der Waals surface area contributed by atoms with Crippen molar-refractivity contribution in [3.63, 3.8) is 0 Å². The zero-order valence-corrected chi connectivity index (χ0v) is 16.8. The van der Waals surface area contributed by atoms with Gasteiger partial charge in [-0.3, -0.25) is 9.58 Å². The van der Waals surface area contributed by atoms with Crippen molar-refractivity contribution in [2.24, 2.45) is 0 Å². The average molecular weight is 367 g/mol. The van der Waals surface area contributed by atoms with Gasteiger partial charge in [0.15, 0.2) is 0 Å². The molecule has 0 aromatic carbocycles. The van der Waals surface area contributed by atoms with E-state index in [9.17, 15) is 0 Å². The van der Waals surface area contributed by atoms with Gasteiger partial charge in [-0.1, -0.05) is 0 Å². The van der Waals surface area contributed by atoms with Crippen LogP contribution in [0.1, 0.15) is 66.9 Å². The van der Waals surface area contributed by atoms with Gasteiger partial charge in [0.05, 0.1) is 11.4 Å². The number of hydrogen-bond acceptors (Lipinski definition) is 5. The first-order chi connectivity index (χ1) is 13.2. The van der Waals surface area contributed by atoms with E-state index in [1.54, 1.807) is 0 Å². The molecule has 0 saturated carbocycles. The van der Waals surface area contributed by atoms with Gasteiger partial charge < -0.3 is 4.90 Å². The Bertz CT molecular complexity index is 851. The first-order valence-electron chi connectivity index (χ1n) is 10.5. The Kier molecular flexibility index (Phi) is 4.19. The van der Waals surface area contributed by atoms with E-state index < -0.39 is 0 Å². The third-order valence-corrected chi connectivity index (χ3v) is 6.88. The average Bonchev–Trinajstić information content (AvgIpc) is 3.36. The Labute approximate surface area is 161 Å². The third kappa shape index (κ3) is 2.76. The first-order valence-corrected chi connectivity index (χ1v) is 10.5. The SMILES string of the molecule is CCn1nc(C)c(CN2[C@@H]3CC[C@@H]2c2cnc(N4CCCC4)nc2C3)c1C. The zero-order chi connectivity index (χ0) is 18.5. The molecule has 144 valence electrons. The summed E-state index contributed by atoms with van der Waals surface area (Å²) >= 11 is 0. The maximum Gasteiger partial charge on any atom is 0.225 e. The molecule has 0 radical (unpaired) electrons. The molecule has 6 heteroatoms. The van der Waals surface area contributed by atoms with E-state index >= 15 is 0 Å². The Balaban J connectivity index is 1.43. The van der Waals surface area contributed by atoms with Crippen LogP contribution in [0.25, 0.3) is 0 Å². The largest absolute Gasteiger partial charge is 0.341 e. The van der Waals surface area contributed by atoms with Gasteiger partial charge >= 0.3 is 0 Å². The van der Waals surface area contributed by atoms with E-state index in [-0.39, 0.29) is 0 Å². The zero-order valence-electron chi connectivity index (χ0n) is 16.8. The van der Waals surface area contributed by atoms with Crippen molar-refractivity contribution >= 4 is 5.95 Å². The van der Waals surface area contributed by atoms with Crippen LogP contribution in [0.2, 0.25) is 0 Å². The number of rotatable bonds is 4. The highest BCUT2D eigenvalue weighted by atomic mass is 15.3. The number of fused-ring (bicyclic) bond motifs is 4. The van der Waals surface area contributed by atoms with Crippen molar-refractivity contribution in [3.05, 3.63) is 34.4 Å². The van der Waals surface area contributed by atoms with E-state index in [0.29, 0.717) is 12.1 Å². The van der Waals surface area contributed by atoms with Gasteiger partial charge in [0.1, 0.15) is 0 Å². The molecular formula is C21H30N6. The third-order valence-electron chi connectivity index (χ3n) is 6.88. The van der Waals surface area contributed by atoms with Crippen molar-refractivity contribution < 1.29 is 0 Å². The Morgan fingerprint density at radius 2 is 1.96 bits per heavy atom. The molecule has 2 atom stereocenters. The number of nitrogens with zero attached hydrogens (tertiary/aromatic N) is 6. The van der Waals surface area contributed by atoms with E-state index in [4.69, 9.17) is 15.1 Å². The minimum Gasteiger partial charge on any atom is -0.341 e. The van der Waals surface area contributed by atoms with E-state index in [0.717, 1.165) is 38.5 Å². The molecule has 5 heterocycles. The van der Waals surface area contributed by atoms with Gasteiger partial charge in [0, 0.05) is 67.7 Å². The summed E-state index contributed by atoms with van der Waals surface area (Å²) in [7, 11) is 0. The lowest BCUT2D eigenvalue weighted by molar-refractivity contribution is 0.165. The molecule has 2 bridgehead atoms. The molecule has 0 aliphatic carbocycles. The van der Waals surface area contributed by atoms with Gasteiger partial charge in [0.25, 0.3) is 0 Å². The lowest BCUT2D eigenvalue weighted by Gasteiger charge is -2.36. The molecule has 3 aliphatic heterocycles. The molecule has 0 spiro atoms. The predicted octanol–water partition coefficient (Wildman–Crippen LogP) is 3.17. The smallest absolute Gasteiger partial charge is 0.225 e. The lowest BCUT2D eigenvalue weighted by Crippen LogP contribution is -2.38. The molecular weight excluding hydrogens is 336 g/mol. The number of aromatic nitrogens is 4. The fraction of sp³-hybridized carbons (Fsp3) is 0.667. The molecule has 27 heavy (non-hydrogen) atoms. The van der Waals surface area contributed by atoms with Crippen molar-refractivity contribution in [1.29, 1.82) is 0 Å². The molecule has 6 nitrogen and oxygen atoms in total. The molecule has 2 aromatic heterocycles. The summed E-state index contributed by atoms with van der Waals surface area (Å²) in [5.41, 5.74) is 6.58. The van der Waals surface area contributed by atoms with Crippen molar-refractivity contribution in [2.45, 2.75) is 78.0 Å². The van der Waals surface area contributed by atoms with Crippen LogP contribution in [0.15, 0.2) is 6.20 Å². The second-order valence-corrected chi connectivity index (χ2v) is 8.35. The Hall–Kier alpha value is -1.95. The van der Waals surface area contributed by atoms with E-state index in [1.807, 2.05) is 0 Å². The van der Waals surface area contributed by atoms with Gasteiger partial charge in [-0.05, 0) is 46.5 Å². The highest BCUT2D eigenvalue weighted by molar-refractivity contribution is 5.38. The minimum atomic E-state index is 0.468. The van der Waals surface area contributed by atoms with Gasteiger partial charge in [-0.2, -0.15) is 5.10 Å². The first kappa shape index (κ1) is 17.2. The minimum absolute atomic E-state index is 0.468. The highest BCUT2D eigenvalue weighted by Gasteiger charge is 2.41. The number of aryl methyl sites for hydroxylation is 2. The van der Waals surface area contributed by atoms with Crippen molar-refractivity contribution in [2.75, 3.05) is 18.0 Å². The van der Waals surface area contributed by atoms with Crippen LogP contribution in [0.4, 0.5) is 5.95 Å². The molecule has 0 N–H and O–H groups in total. The van der Waals surface area contributed by atoms with E-state index in [2.05, 4.69) is 41.4 Å². The monoisotopic (exact) mass is 366 g/mol. The summed E-state index contributed by atoms with van der Waals surface area (Å²) in [6.45, 7) is 10.7. The number of hydrogen-bond donors (Lipinski definition) is 0. The van der Waals surface area contributed by atoms with Gasteiger partial charge in [-0.15, -0.1) is 0 Å². The normalized spacial score (nSPS) is 24.6. The highest BCUT2D eigenvalue weighted by Crippen LogP contribution is 2.44. The predicted molar refractivity (Wildman–Crippen MR) is 106 cm³/mol. The van der Waals surface area contributed by atoms with Crippen LogP contribution in [-0.2, 0) is 19.5 Å². The van der Waals surface area contributed by atoms with Crippen LogP contribution in [-0.4, -0.2) is 43.8 Å². The summed E-state index contributed by atoms with van der Waals surface area (Å²) in [5, 5.41) is 4.72. The van der Waals surface area contributed by atoms with Crippen molar-refractivity contribution in [1.82, 2.24) is 24.6 Å². The summed E-state index contributed by atoms with van der Waals surface area (Å²) in [6, 6.07) is 1.07. The second kappa shape index (κ2) is 6.59. The summed E-state index contributed by atoms with van der Waals surface area (Å²) in [4.78, 5) is 14.8. The standard InChI is InChI=1S/C21H30N6/c1-4-27-15(3)18(14(2)24-27)13-26-16-7-8-20(26)17-12-22-21(23-19(17)11-16)25-9-5-6-10-25/h12,16,20H,4-11,13H2,1-3H3/t16-,20-/m1/s1. The summed E-state index contributed by atoms with van der Waals surface area (Å²) in [6.07, 6.45) is 8.22. The summed E-state index contributed by atoms with van der Waals surface area (Å²) < 4.78 is 2.13. The topological polar surface area (TPSA) is 50.1 Å². The Morgan fingerprint density at radius 3 is 2.70 bits per heavy atom. The van der Waals surface area contributed by atoms with Crippen LogP contribution in [0.3, 0.4) is 0 Å². The lowest BCUT2D eigenvalue weighted by atomic mass is 9.98. The Morgan fingerprint density at radius 1 is 1.15 bits per heavy atom. The molecule has 2 fully saturated rings. The maximum atomic E-state index is 5.00. The van der Waals surface area contributed by atoms with Crippen LogP contribution in [0, 0.1) is 13.8 Å². The molecule has 3 aliphatic rings. The molecule has 0 unspecified atom stereocenters. The van der Waals surface area contributed by atoms with Gasteiger partial charge in [-0.25, -0.2) is 9.97 Å². The molecule has 0 amide bonds. The van der Waals surface area contributed by atoms with Crippen LogP contribution < -0.4 is 4.90 Å². The van der Waals surface area contributed by atoms with Crippen LogP contribution >= 0.6 is 0 Å². The van der Waals surface area contributed by atoms with Crippen molar-refractivity contribution in [3.8, 4) is 0 Å². The molecule has 2 saturated heterocycles. The van der Waals surface area contributed by atoms with E-state index in [1.165, 1.54) is 53.9 Å². The number of anilines is 1. The fourth-order valence-electron chi connectivity index (χ4n) is 5.33. The second-order valence-electron chi connectivity index (χ2n) is 8.35. The quantitative estimate of drug-likeness (QED) is 0.832. The van der Waals surface area contributed by atoms with Crippen LogP contribution in [0.5, 0.6) is 0 Å². The molecule has 2 aromatic rings. The molecule has 5 rings (SSSR count).